The molecule has 0 spiro atoms. The Labute approximate surface area is 134 Å². The number of hydrogen-bond acceptors (Lipinski definition) is 5. The summed E-state index contributed by atoms with van der Waals surface area (Å²) in [6.45, 7) is 0.592. The van der Waals surface area contributed by atoms with Gasteiger partial charge in [0.15, 0.2) is 0 Å². The van der Waals surface area contributed by atoms with Gasteiger partial charge >= 0.3 is 0 Å². The van der Waals surface area contributed by atoms with Gasteiger partial charge in [0, 0.05) is 12.1 Å². The highest BCUT2D eigenvalue weighted by molar-refractivity contribution is 5.97. The van der Waals surface area contributed by atoms with E-state index in [0.29, 0.717) is 23.7 Å². The second-order valence-electron chi connectivity index (χ2n) is 5.44. The summed E-state index contributed by atoms with van der Waals surface area (Å²) in [7, 11) is 1.54. The van der Waals surface area contributed by atoms with Crippen molar-refractivity contribution in [3.05, 3.63) is 35.4 Å². The molecule has 0 radical (unpaired) electrons. The van der Waals surface area contributed by atoms with Gasteiger partial charge in [0.05, 0.1) is 12.7 Å². The maximum Gasteiger partial charge on any atom is 0.255 e. The quantitative estimate of drug-likeness (QED) is 0.825. The van der Waals surface area contributed by atoms with E-state index in [1.54, 1.807) is 18.2 Å². The third-order valence-corrected chi connectivity index (χ3v) is 3.91. The van der Waals surface area contributed by atoms with E-state index in [4.69, 9.17) is 4.74 Å². The van der Waals surface area contributed by atoms with Crippen LogP contribution in [0.25, 0.3) is 11.4 Å². The zero-order valence-electron chi connectivity index (χ0n) is 13.0. The fourth-order valence-electron chi connectivity index (χ4n) is 2.66. The molecule has 0 atom stereocenters. The van der Waals surface area contributed by atoms with E-state index in [1.165, 1.54) is 25.5 Å². The summed E-state index contributed by atoms with van der Waals surface area (Å²) in [6.07, 6.45) is 6.83. The minimum absolute atomic E-state index is 0.145. The largest absolute Gasteiger partial charge is 0.496 e. The van der Waals surface area contributed by atoms with Gasteiger partial charge in [-0.05, 0) is 49.1 Å². The number of nitrogens with one attached hydrogen (secondary N) is 2. The van der Waals surface area contributed by atoms with Crippen LogP contribution in [0.1, 0.15) is 36.0 Å². The van der Waals surface area contributed by atoms with E-state index >= 15 is 0 Å². The molecule has 23 heavy (non-hydrogen) atoms. The number of hydrogen-bond donors (Lipinski definition) is 2. The van der Waals surface area contributed by atoms with Crippen molar-refractivity contribution in [2.75, 3.05) is 13.7 Å². The summed E-state index contributed by atoms with van der Waals surface area (Å²) in [4.78, 5) is 12.4. The van der Waals surface area contributed by atoms with Crippen molar-refractivity contribution in [3.63, 3.8) is 0 Å². The van der Waals surface area contributed by atoms with Gasteiger partial charge in [0.2, 0.25) is 5.82 Å². The number of methoxy groups -OCH3 is 1. The summed E-state index contributed by atoms with van der Waals surface area (Å²) in [5, 5.41) is 16.7. The number of H-pyrrole nitrogens is 1. The molecule has 1 amide bonds. The van der Waals surface area contributed by atoms with Gasteiger partial charge in [-0.15, -0.1) is 10.2 Å². The summed E-state index contributed by atoms with van der Waals surface area (Å²) >= 11 is 0. The third kappa shape index (κ3) is 3.56. The maximum absolute atomic E-state index is 12.4. The van der Waals surface area contributed by atoms with Crippen LogP contribution in [-0.4, -0.2) is 40.2 Å². The molecule has 0 bridgehead atoms. The SMILES string of the molecule is COc1cc(-c2nn[nH]n2)ccc1C(=O)NCC1=CCCCC1. The lowest BCUT2D eigenvalue weighted by Gasteiger charge is -2.14. The van der Waals surface area contributed by atoms with Crippen molar-refractivity contribution in [2.45, 2.75) is 25.7 Å². The fraction of sp³-hybridized carbons (Fsp3) is 0.375. The molecule has 1 aromatic carbocycles. The molecule has 1 heterocycles. The van der Waals surface area contributed by atoms with Crippen molar-refractivity contribution < 1.29 is 9.53 Å². The molecule has 1 aromatic heterocycles. The zero-order valence-corrected chi connectivity index (χ0v) is 13.0. The molecule has 0 saturated heterocycles. The predicted molar refractivity (Wildman–Crippen MR) is 85.0 cm³/mol. The van der Waals surface area contributed by atoms with Crippen LogP contribution in [0.2, 0.25) is 0 Å². The van der Waals surface area contributed by atoms with Gasteiger partial charge < -0.3 is 10.1 Å². The monoisotopic (exact) mass is 313 g/mol. The fourth-order valence-corrected chi connectivity index (χ4v) is 2.66. The summed E-state index contributed by atoms with van der Waals surface area (Å²) < 4.78 is 5.34. The van der Waals surface area contributed by atoms with Crippen molar-refractivity contribution >= 4 is 5.91 Å². The number of ether oxygens (including phenoxy) is 1. The lowest BCUT2D eigenvalue weighted by atomic mass is 9.99. The summed E-state index contributed by atoms with van der Waals surface area (Å²) in [5.74, 6) is 0.804. The van der Waals surface area contributed by atoms with Crippen molar-refractivity contribution in [1.82, 2.24) is 25.9 Å². The topological polar surface area (TPSA) is 92.8 Å². The number of aromatic nitrogens is 4. The van der Waals surface area contributed by atoms with Crippen LogP contribution in [-0.2, 0) is 0 Å². The first-order valence-corrected chi connectivity index (χ1v) is 7.66. The Morgan fingerprint density at radius 1 is 1.39 bits per heavy atom. The lowest BCUT2D eigenvalue weighted by Crippen LogP contribution is -2.26. The first-order valence-electron chi connectivity index (χ1n) is 7.66. The molecule has 3 rings (SSSR count). The Balaban J connectivity index is 1.73. The molecule has 7 nitrogen and oxygen atoms in total. The van der Waals surface area contributed by atoms with E-state index in [0.717, 1.165) is 18.4 Å². The molecule has 120 valence electrons. The Bertz CT molecular complexity index is 709. The molecule has 7 heteroatoms. The number of benzene rings is 1. The predicted octanol–water partition coefficient (Wildman–Crippen LogP) is 2.11. The van der Waals surface area contributed by atoms with Crippen LogP contribution < -0.4 is 10.1 Å². The average molecular weight is 313 g/mol. The summed E-state index contributed by atoms with van der Waals surface area (Å²) in [6, 6.07) is 5.23. The van der Waals surface area contributed by atoms with Gasteiger partial charge in [-0.3, -0.25) is 4.79 Å². The lowest BCUT2D eigenvalue weighted by molar-refractivity contribution is 0.0953. The normalized spacial score (nSPS) is 14.2. The third-order valence-electron chi connectivity index (χ3n) is 3.91. The van der Waals surface area contributed by atoms with Gasteiger partial charge in [-0.25, -0.2) is 0 Å². The number of carbonyl (C=O) groups is 1. The second-order valence-corrected chi connectivity index (χ2v) is 5.44. The first kappa shape index (κ1) is 15.2. The highest BCUT2D eigenvalue weighted by atomic mass is 16.5. The molecule has 1 aliphatic rings. The van der Waals surface area contributed by atoms with E-state index in [-0.39, 0.29) is 5.91 Å². The smallest absolute Gasteiger partial charge is 0.255 e. The molecule has 1 aliphatic carbocycles. The van der Waals surface area contributed by atoms with Crippen LogP contribution in [0, 0.1) is 0 Å². The highest BCUT2D eigenvalue weighted by Gasteiger charge is 2.15. The molecule has 0 unspecified atom stereocenters. The van der Waals surface area contributed by atoms with Gasteiger partial charge in [-0.1, -0.05) is 11.6 Å². The zero-order chi connectivity index (χ0) is 16.1. The van der Waals surface area contributed by atoms with Crippen LogP contribution in [0.3, 0.4) is 0 Å². The number of carbonyl (C=O) groups excluding carboxylic acids is 1. The van der Waals surface area contributed by atoms with E-state index in [2.05, 4.69) is 32.0 Å². The molecule has 2 aromatic rings. The van der Waals surface area contributed by atoms with E-state index in [9.17, 15) is 4.79 Å². The standard InChI is InChI=1S/C16H19N5O2/c1-23-14-9-12(15-18-20-21-19-15)7-8-13(14)16(22)17-10-11-5-3-2-4-6-11/h5,7-9H,2-4,6,10H2,1H3,(H,17,22)(H,18,19,20,21). The van der Waals surface area contributed by atoms with Gasteiger partial charge in [0.1, 0.15) is 5.75 Å². The summed E-state index contributed by atoms with van der Waals surface area (Å²) in [5.41, 5.74) is 2.53. The minimum Gasteiger partial charge on any atom is -0.496 e. The number of nitrogens with zero attached hydrogens (tertiary/aromatic N) is 3. The number of tetrazole rings is 1. The number of rotatable bonds is 5. The van der Waals surface area contributed by atoms with Crippen LogP contribution in [0.15, 0.2) is 29.8 Å². The van der Waals surface area contributed by atoms with Crippen molar-refractivity contribution in [2.24, 2.45) is 0 Å². The van der Waals surface area contributed by atoms with Crippen LogP contribution in [0.5, 0.6) is 5.75 Å². The molecular formula is C16H19N5O2. The number of allylic oxidation sites excluding steroid dienone is 1. The molecule has 2 N–H and O–H groups in total. The molecule has 0 saturated carbocycles. The van der Waals surface area contributed by atoms with Gasteiger partial charge in [-0.2, -0.15) is 5.21 Å². The molecule has 0 aliphatic heterocycles. The van der Waals surface area contributed by atoms with Crippen molar-refractivity contribution in [3.8, 4) is 17.1 Å². The Hall–Kier alpha value is -2.70. The van der Waals surface area contributed by atoms with Gasteiger partial charge in [0.25, 0.3) is 5.91 Å². The van der Waals surface area contributed by atoms with Crippen molar-refractivity contribution in [1.29, 1.82) is 0 Å². The highest BCUT2D eigenvalue weighted by Crippen LogP contribution is 2.25. The molecule has 0 fully saturated rings. The number of aromatic amines is 1. The maximum atomic E-state index is 12.4. The Morgan fingerprint density at radius 3 is 3.00 bits per heavy atom. The Morgan fingerprint density at radius 2 is 2.30 bits per heavy atom. The molecular weight excluding hydrogens is 294 g/mol. The minimum atomic E-state index is -0.145. The van der Waals surface area contributed by atoms with E-state index in [1.807, 2.05) is 0 Å². The Kier molecular flexibility index (Phi) is 4.65. The first-order chi connectivity index (χ1) is 11.3. The van der Waals surface area contributed by atoms with Crippen LogP contribution in [0.4, 0.5) is 0 Å². The second kappa shape index (κ2) is 7.04. The number of amides is 1. The van der Waals surface area contributed by atoms with Crippen LogP contribution >= 0.6 is 0 Å². The average Bonchev–Trinajstić information content (AvgIpc) is 3.14. The van der Waals surface area contributed by atoms with E-state index < -0.39 is 0 Å².